The van der Waals surface area contributed by atoms with E-state index in [0.717, 1.165) is 11.1 Å². The predicted octanol–water partition coefficient (Wildman–Crippen LogP) is 3.91. The molecule has 0 aliphatic carbocycles. The molecule has 0 heterocycles. The van der Waals surface area contributed by atoms with Crippen molar-refractivity contribution >= 4 is 17.5 Å². The fraction of sp³-hybridized carbons (Fsp3) is 0.167. The van der Waals surface area contributed by atoms with Gasteiger partial charge in [-0.15, -0.1) is 0 Å². The van der Waals surface area contributed by atoms with Crippen LogP contribution < -0.4 is 10.1 Å². The molecule has 0 saturated carbocycles. The highest BCUT2D eigenvalue weighted by molar-refractivity contribution is 5.94. The van der Waals surface area contributed by atoms with Crippen molar-refractivity contribution in [3.63, 3.8) is 0 Å². The van der Waals surface area contributed by atoms with Crippen LogP contribution in [0, 0.1) is 0 Å². The van der Waals surface area contributed by atoms with E-state index in [1.807, 2.05) is 60.7 Å². The number of methoxy groups -OCH3 is 1. The second-order valence-electron chi connectivity index (χ2n) is 6.67. The summed E-state index contributed by atoms with van der Waals surface area (Å²) in [6, 6.07) is 26.3. The summed E-state index contributed by atoms with van der Waals surface area (Å²) < 4.78 is 5.13. The SMILES string of the molecule is COc1ccc(NC(=O)CN(Cc2ccccc2)C(=O)Cc2ccccc2)cc1. The Morgan fingerprint density at radius 2 is 1.41 bits per heavy atom. The second kappa shape index (κ2) is 10.1. The molecular weight excluding hydrogens is 364 g/mol. The minimum atomic E-state index is -0.243. The lowest BCUT2D eigenvalue weighted by molar-refractivity contribution is -0.134. The quantitative estimate of drug-likeness (QED) is 0.637. The third-order valence-corrected chi connectivity index (χ3v) is 4.48. The molecule has 148 valence electrons. The van der Waals surface area contributed by atoms with Crippen LogP contribution in [0.3, 0.4) is 0 Å². The normalized spacial score (nSPS) is 10.2. The molecule has 5 heteroatoms. The molecule has 29 heavy (non-hydrogen) atoms. The number of benzene rings is 3. The maximum atomic E-state index is 12.9. The van der Waals surface area contributed by atoms with Gasteiger partial charge in [-0.3, -0.25) is 9.59 Å². The standard InChI is InChI=1S/C24H24N2O3/c1-29-22-14-12-21(13-15-22)25-23(27)18-26(17-20-10-6-3-7-11-20)24(28)16-19-8-4-2-5-9-19/h2-15H,16-18H2,1H3,(H,25,27). The Morgan fingerprint density at radius 3 is 2.00 bits per heavy atom. The van der Waals surface area contributed by atoms with Crippen molar-refractivity contribution in [3.8, 4) is 5.75 Å². The zero-order valence-electron chi connectivity index (χ0n) is 16.4. The van der Waals surface area contributed by atoms with Gasteiger partial charge in [-0.2, -0.15) is 0 Å². The van der Waals surface area contributed by atoms with E-state index in [0.29, 0.717) is 18.0 Å². The van der Waals surface area contributed by atoms with Crippen LogP contribution in [-0.2, 0) is 22.6 Å². The van der Waals surface area contributed by atoms with Crippen LogP contribution in [0.15, 0.2) is 84.9 Å². The molecule has 5 nitrogen and oxygen atoms in total. The van der Waals surface area contributed by atoms with Gasteiger partial charge in [0.1, 0.15) is 12.3 Å². The average molecular weight is 388 g/mol. The molecular formula is C24H24N2O3. The van der Waals surface area contributed by atoms with Gasteiger partial charge in [0.2, 0.25) is 11.8 Å². The highest BCUT2D eigenvalue weighted by atomic mass is 16.5. The Kier molecular flexibility index (Phi) is 7.00. The van der Waals surface area contributed by atoms with Crippen LogP contribution in [-0.4, -0.2) is 30.4 Å². The number of carbonyl (C=O) groups excluding carboxylic acids is 2. The van der Waals surface area contributed by atoms with Gasteiger partial charge >= 0.3 is 0 Å². The third kappa shape index (κ3) is 6.21. The van der Waals surface area contributed by atoms with Gasteiger partial charge in [0.05, 0.1) is 13.5 Å². The van der Waals surface area contributed by atoms with Crippen molar-refractivity contribution < 1.29 is 14.3 Å². The summed E-state index contributed by atoms with van der Waals surface area (Å²) in [5.41, 5.74) is 2.56. The molecule has 0 fully saturated rings. The van der Waals surface area contributed by atoms with Gasteiger partial charge in [-0.25, -0.2) is 0 Å². The lowest BCUT2D eigenvalue weighted by Crippen LogP contribution is -2.38. The highest BCUT2D eigenvalue weighted by Crippen LogP contribution is 2.15. The fourth-order valence-electron chi connectivity index (χ4n) is 2.97. The lowest BCUT2D eigenvalue weighted by Gasteiger charge is -2.22. The Balaban J connectivity index is 1.69. The number of nitrogens with zero attached hydrogens (tertiary/aromatic N) is 1. The number of hydrogen-bond acceptors (Lipinski definition) is 3. The van der Waals surface area contributed by atoms with Gasteiger partial charge in [0.25, 0.3) is 0 Å². The van der Waals surface area contributed by atoms with E-state index < -0.39 is 0 Å². The van der Waals surface area contributed by atoms with Crippen molar-refractivity contribution in [3.05, 3.63) is 96.1 Å². The summed E-state index contributed by atoms with van der Waals surface area (Å²) in [6.45, 7) is 0.356. The Morgan fingerprint density at radius 1 is 0.828 bits per heavy atom. The van der Waals surface area contributed by atoms with Crippen LogP contribution in [0.5, 0.6) is 5.75 Å². The monoisotopic (exact) mass is 388 g/mol. The molecule has 0 aliphatic rings. The van der Waals surface area contributed by atoms with Crippen LogP contribution in [0.25, 0.3) is 0 Å². The first-order valence-electron chi connectivity index (χ1n) is 9.43. The maximum absolute atomic E-state index is 12.9. The number of hydrogen-bond donors (Lipinski definition) is 1. The van der Waals surface area contributed by atoms with E-state index in [1.54, 1.807) is 36.3 Å². The minimum absolute atomic E-state index is 0.0212. The molecule has 0 atom stereocenters. The summed E-state index contributed by atoms with van der Waals surface area (Å²) in [5.74, 6) is 0.379. The van der Waals surface area contributed by atoms with Gasteiger partial charge in [0.15, 0.2) is 0 Å². The first-order chi connectivity index (χ1) is 14.1. The summed E-state index contributed by atoms with van der Waals surface area (Å²) in [5, 5.41) is 2.84. The summed E-state index contributed by atoms with van der Waals surface area (Å²) >= 11 is 0. The van der Waals surface area contributed by atoms with E-state index in [2.05, 4.69) is 5.32 Å². The lowest BCUT2D eigenvalue weighted by atomic mass is 10.1. The molecule has 3 aromatic rings. The van der Waals surface area contributed by atoms with Crippen molar-refractivity contribution in [2.75, 3.05) is 19.0 Å². The Hall–Kier alpha value is -3.60. The molecule has 0 aromatic heterocycles. The maximum Gasteiger partial charge on any atom is 0.244 e. The van der Waals surface area contributed by atoms with Gasteiger partial charge < -0.3 is 15.0 Å². The van der Waals surface area contributed by atoms with E-state index in [4.69, 9.17) is 4.74 Å². The van der Waals surface area contributed by atoms with Crippen molar-refractivity contribution in [1.82, 2.24) is 4.90 Å². The van der Waals surface area contributed by atoms with E-state index in [9.17, 15) is 9.59 Å². The van der Waals surface area contributed by atoms with Crippen LogP contribution in [0.4, 0.5) is 5.69 Å². The number of nitrogens with one attached hydrogen (secondary N) is 1. The molecule has 0 unspecified atom stereocenters. The van der Waals surface area contributed by atoms with E-state index >= 15 is 0 Å². The number of anilines is 1. The largest absolute Gasteiger partial charge is 0.497 e. The molecule has 2 amide bonds. The first-order valence-corrected chi connectivity index (χ1v) is 9.43. The molecule has 0 radical (unpaired) electrons. The van der Waals surface area contributed by atoms with E-state index in [1.165, 1.54) is 0 Å². The third-order valence-electron chi connectivity index (χ3n) is 4.48. The molecule has 3 aromatic carbocycles. The zero-order chi connectivity index (χ0) is 20.5. The topological polar surface area (TPSA) is 58.6 Å². The highest BCUT2D eigenvalue weighted by Gasteiger charge is 2.18. The number of ether oxygens (including phenoxy) is 1. The molecule has 0 aliphatic heterocycles. The molecule has 1 N–H and O–H groups in total. The molecule has 3 rings (SSSR count). The van der Waals surface area contributed by atoms with Gasteiger partial charge in [-0.1, -0.05) is 60.7 Å². The summed E-state index contributed by atoms with van der Waals surface area (Å²) in [6.07, 6.45) is 0.253. The molecule has 0 spiro atoms. The Labute approximate surface area is 170 Å². The predicted molar refractivity (Wildman–Crippen MR) is 114 cm³/mol. The van der Waals surface area contributed by atoms with Gasteiger partial charge in [0, 0.05) is 12.2 Å². The minimum Gasteiger partial charge on any atom is -0.497 e. The second-order valence-corrected chi connectivity index (χ2v) is 6.67. The Bertz CT molecular complexity index is 925. The summed E-state index contributed by atoms with van der Waals surface area (Å²) in [7, 11) is 1.59. The number of carbonyl (C=O) groups is 2. The zero-order valence-corrected chi connectivity index (χ0v) is 16.4. The van der Waals surface area contributed by atoms with E-state index in [-0.39, 0.29) is 24.8 Å². The molecule has 0 saturated heterocycles. The average Bonchev–Trinajstić information content (AvgIpc) is 2.75. The van der Waals surface area contributed by atoms with Crippen molar-refractivity contribution in [1.29, 1.82) is 0 Å². The number of amides is 2. The van der Waals surface area contributed by atoms with Crippen molar-refractivity contribution in [2.45, 2.75) is 13.0 Å². The number of rotatable bonds is 8. The van der Waals surface area contributed by atoms with Crippen LogP contribution in [0.1, 0.15) is 11.1 Å². The first kappa shape index (κ1) is 20.1. The van der Waals surface area contributed by atoms with Crippen LogP contribution >= 0.6 is 0 Å². The van der Waals surface area contributed by atoms with Crippen LogP contribution in [0.2, 0.25) is 0 Å². The smallest absolute Gasteiger partial charge is 0.244 e. The molecule has 0 bridgehead atoms. The van der Waals surface area contributed by atoms with Gasteiger partial charge in [-0.05, 0) is 35.4 Å². The summed E-state index contributed by atoms with van der Waals surface area (Å²) in [4.78, 5) is 27.1. The van der Waals surface area contributed by atoms with Crippen molar-refractivity contribution in [2.24, 2.45) is 0 Å². The fourth-order valence-corrected chi connectivity index (χ4v) is 2.97.